The van der Waals surface area contributed by atoms with Crippen LogP contribution >= 0.6 is 11.6 Å². The summed E-state index contributed by atoms with van der Waals surface area (Å²) < 4.78 is 5.16. The Kier molecular flexibility index (Phi) is 4.58. The molecule has 2 nitrogen and oxygen atoms in total. The maximum absolute atomic E-state index is 6.13. The smallest absolute Gasteiger partial charge is 0.118 e. The van der Waals surface area contributed by atoms with E-state index in [0.717, 1.165) is 29.1 Å². The Hall–Kier alpha value is -1.80. The van der Waals surface area contributed by atoms with Gasteiger partial charge in [0.1, 0.15) is 5.75 Å². The monoisotopic (exact) mass is 273 g/mol. The number of benzene rings is 2. The summed E-state index contributed by atoms with van der Waals surface area (Å²) in [5, 5.41) is 0.668. The number of halogens is 1. The average Bonchev–Trinajstić information content (AvgIpc) is 2.47. The Morgan fingerprint density at radius 3 is 2.37 bits per heavy atom. The Balaban J connectivity index is 2.36. The fourth-order valence-corrected chi connectivity index (χ4v) is 2.00. The van der Waals surface area contributed by atoms with Crippen molar-refractivity contribution >= 4 is 23.0 Å². The predicted octanol–water partition coefficient (Wildman–Crippen LogP) is 4.88. The van der Waals surface area contributed by atoms with Crippen LogP contribution in [0.25, 0.3) is 0 Å². The molecule has 0 heterocycles. The van der Waals surface area contributed by atoms with Crippen molar-refractivity contribution in [1.29, 1.82) is 0 Å². The molecule has 0 spiro atoms. The lowest BCUT2D eigenvalue weighted by Crippen LogP contribution is -1.98. The van der Waals surface area contributed by atoms with Crippen LogP contribution in [-0.2, 0) is 0 Å². The molecular weight excluding hydrogens is 258 g/mol. The molecular formula is C16H16ClNO. The molecule has 0 amide bonds. The van der Waals surface area contributed by atoms with Crippen molar-refractivity contribution in [3.8, 4) is 5.75 Å². The molecule has 0 saturated carbocycles. The zero-order valence-electron chi connectivity index (χ0n) is 11.1. The number of para-hydroxylation sites is 1. The highest BCUT2D eigenvalue weighted by molar-refractivity contribution is 6.33. The van der Waals surface area contributed by atoms with Gasteiger partial charge >= 0.3 is 0 Å². The van der Waals surface area contributed by atoms with E-state index in [1.54, 1.807) is 7.11 Å². The molecule has 0 aliphatic carbocycles. The summed E-state index contributed by atoms with van der Waals surface area (Å²) in [6.07, 6.45) is 0.845. The second kappa shape index (κ2) is 6.39. The zero-order chi connectivity index (χ0) is 13.7. The van der Waals surface area contributed by atoms with E-state index in [9.17, 15) is 0 Å². The highest BCUT2D eigenvalue weighted by Crippen LogP contribution is 2.25. The summed E-state index contributed by atoms with van der Waals surface area (Å²) in [4.78, 5) is 4.65. The molecule has 0 bridgehead atoms. The van der Waals surface area contributed by atoms with Crippen molar-refractivity contribution in [2.24, 2.45) is 4.99 Å². The molecule has 0 atom stereocenters. The number of hydrogen-bond acceptors (Lipinski definition) is 2. The Morgan fingerprint density at radius 2 is 1.79 bits per heavy atom. The normalized spacial score (nSPS) is 11.4. The van der Waals surface area contributed by atoms with Crippen molar-refractivity contribution in [2.75, 3.05) is 7.11 Å². The van der Waals surface area contributed by atoms with E-state index < -0.39 is 0 Å². The molecule has 2 aromatic carbocycles. The van der Waals surface area contributed by atoms with Gasteiger partial charge in [-0.25, -0.2) is 0 Å². The van der Waals surface area contributed by atoms with E-state index in [4.69, 9.17) is 16.3 Å². The number of aliphatic imine (C=N–C) groups is 1. The topological polar surface area (TPSA) is 21.6 Å². The van der Waals surface area contributed by atoms with Crippen LogP contribution in [0.4, 0.5) is 5.69 Å². The molecule has 0 aliphatic rings. The van der Waals surface area contributed by atoms with E-state index >= 15 is 0 Å². The molecule has 0 radical (unpaired) electrons. The average molecular weight is 274 g/mol. The van der Waals surface area contributed by atoms with Gasteiger partial charge < -0.3 is 4.74 Å². The van der Waals surface area contributed by atoms with Gasteiger partial charge in [-0.2, -0.15) is 0 Å². The minimum atomic E-state index is 0.668. The standard InChI is InChI=1S/C16H16ClNO/c1-3-15(12-8-10-13(19-2)11-9-12)18-16-7-5-4-6-14(16)17/h4-11H,3H2,1-2H3/b18-15-. The van der Waals surface area contributed by atoms with E-state index in [1.807, 2.05) is 48.5 Å². The minimum Gasteiger partial charge on any atom is -0.497 e. The van der Waals surface area contributed by atoms with Crippen molar-refractivity contribution in [2.45, 2.75) is 13.3 Å². The van der Waals surface area contributed by atoms with Gasteiger partial charge in [-0.3, -0.25) is 4.99 Å². The molecule has 0 N–H and O–H groups in total. The van der Waals surface area contributed by atoms with Crippen molar-refractivity contribution in [3.05, 3.63) is 59.1 Å². The molecule has 0 aliphatic heterocycles. The molecule has 0 aromatic heterocycles. The molecule has 0 saturated heterocycles. The summed E-state index contributed by atoms with van der Waals surface area (Å²) in [7, 11) is 1.66. The maximum atomic E-state index is 6.13. The number of nitrogens with zero attached hydrogens (tertiary/aromatic N) is 1. The van der Waals surface area contributed by atoms with E-state index in [2.05, 4.69) is 11.9 Å². The van der Waals surface area contributed by atoms with Crippen LogP contribution in [0.15, 0.2) is 53.5 Å². The fourth-order valence-electron chi connectivity index (χ4n) is 1.82. The van der Waals surface area contributed by atoms with Gasteiger partial charge in [0.05, 0.1) is 17.8 Å². The van der Waals surface area contributed by atoms with Gasteiger partial charge in [0.15, 0.2) is 0 Å². The molecule has 2 rings (SSSR count). The van der Waals surface area contributed by atoms with Crippen LogP contribution in [0.5, 0.6) is 5.75 Å². The van der Waals surface area contributed by atoms with Crippen LogP contribution in [-0.4, -0.2) is 12.8 Å². The Labute approximate surface area is 118 Å². The van der Waals surface area contributed by atoms with Crippen molar-refractivity contribution < 1.29 is 4.74 Å². The van der Waals surface area contributed by atoms with Crippen LogP contribution in [0.2, 0.25) is 5.02 Å². The van der Waals surface area contributed by atoms with Gasteiger partial charge in [0.25, 0.3) is 0 Å². The summed E-state index contributed by atoms with van der Waals surface area (Å²) in [5.41, 5.74) is 2.90. The van der Waals surface area contributed by atoms with Gasteiger partial charge in [0.2, 0.25) is 0 Å². The summed E-state index contributed by atoms with van der Waals surface area (Å²) in [5.74, 6) is 0.844. The van der Waals surface area contributed by atoms with E-state index in [1.165, 1.54) is 0 Å². The van der Waals surface area contributed by atoms with E-state index in [0.29, 0.717) is 5.02 Å². The molecule has 2 aromatic rings. The Morgan fingerprint density at radius 1 is 1.11 bits per heavy atom. The number of rotatable bonds is 4. The van der Waals surface area contributed by atoms with Gasteiger partial charge in [-0.05, 0) is 48.4 Å². The lowest BCUT2D eigenvalue weighted by molar-refractivity contribution is 0.415. The first-order valence-corrected chi connectivity index (χ1v) is 6.59. The second-order valence-electron chi connectivity index (χ2n) is 4.09. The zero-order valence-corrected chi connectivity index (χ0v) is 11.8. The molecule has 19 heavy (non-hydrogen) atoms. The highest BCUT2D eigenvalue weighted by atomic mass is 35.5. The molecule has 98 valence electrons. The molecule has 3 heteroatoms. The fraction of sp³-hybridized carbons (Fsp3) is 0.188. The third-order valence-electron chi connectivity index (χ3n) is 2.87. The minimum absolute atomic E-state index is 0.668. The largest absolute Gasteiger partial charge is 0.497 e. The van der Waals surface area contributed by atoms with Gasteiger partial charge in [-0.1, -0.05) is 30.7 Å². The third kappa shape index (κ3) is 3.36. The van der Waals surface area contributed by atoms with Crippen LogP contribution in [0.3, 0.4) is 0 Å². The maximum Gasteiger partial charge on any atom is 0.118 e. The number of ether oxygens (including phenoxy) is 1. The first-order chi connectivity index (χ1) is 9.24. The first-order valence-electron chi connectivity index (χ1n) is 6.21. The number of hydrogen-bond donors (Lipinski definition) is 0. The van der Waals surface area contributed by atoms with Crippen LogP contribution in [0.1, 0.15) is 18.9 Å². The summed E-state index contributed by atoms with van der Waals surface area (Å²) in [6.45, 7) is 2.08. The lowest BCUT2D eigenvalue weighted by Gasteiger charge is -2.06. The van der Waals surface area contributed by atoms with E-state index in [-0.39, 0.29) is 0 Å². The first kappa shape index (κ1) is 13.6. The lowest BCUT2D eigenvalue weighted by atomic mass is 10.1. The van der Waals surface area contributed by atoms with Crippen LogP contribution in [0, 0.1) is 0 Å². The quantitative estimate of drug-likeness (QED) is 0.728. The second-order valence-corrected chi connectivity index (χ2v) is 4.50. The predicted molar refractivity (Wildman–Crippen MR) is 80.9 cm³/mol. The van der Waals surface area contributed by atoms with Crippen LogP contribution < -0.4 is 4.74 Å². The van der Waals surface area contributed by atoms with Gasteiger partial charge in [-0.15, -0.1) is 0 Å². The summed E-state index contributed by atoms with van der Waals surface area (Å²) >= 11 is 6.13. The van der Waals surface area contributed by atoms with Crippen molar-refractivity contribution in [3.63, 3.8) is 0 Å². The van der Waals surface area contributed by atoms with Gasteiger partial charge in [0, 0.05) is 5.71 Å². The highest BCUT2D eigenvalue weighted by Gasteiger charge is 2.04. The third-order valence-corrected chi connectivity index (χ3v) is 3.19. The Bertz CT molecular complexity index is 576. The molecule has 0 unspecified atom stereocenters. The molecule has 0 fully saturated rings. The SMILES string of the molecule is CC/C(=N/c1ccccc1Cl)c1ccc(OC)cc1. The number of methoxy groups -OCH3 is 1. The van der Waals surface area contributed by atoms with Crippen molar-refractivity contribution in [1.82, 2.24) is 0 Å². The summed E-state index contributed by atoms with van der Waals surface area (Å²) in [6, 6.07) is 15.5.